The highest BCUT2D eigenvalue weighted by atomic mass is 79.9. The van der Waals surface area contributed by atoms with Gasteiger partial charge in [-0.3, -0.25) is 0 Å². The molecule has 0 aliphatic heterocycles. The number of esters is 1. The lowest BCUT2D eigenvalue weighted by molar-refractivity contribution is 0.0524. The molecule has 5 nitrogen and oxygen atoms in total. The maximum atomic E-state index is 11.6. The fourth-order valence-electron chi connectivity index (χ4n) is 1.23. The first-order valence-electron chi connectivity index (χ1n) is 4.50. The number of ether oxygens (including phenoxy) is 1. The minimum absolute atomic E-state index is 0.328. The maximum absolute atomic E-state index is 11.6. The molecule has 0 N–H and O–H groups in total. The Labute approximate surface area is 108 Å². The van der Waals surface area contributed by atoms with Crippen LogP contribution < -0.4 is 0 Å². The average Bonchev–Trinajstić information content (AvgIpc) is 2.60. The summed E-state index contributed by atoms with van der Waals surface area (Å²) in [6, 6.07) is 0. The molecule has 0 spiro atoms. The maximum Gasteiger partial charge on any atom is 0.341 e. The lowest BCUT2D eigenvalue weighted by atomic mass is 10.3. The number of aromatic nitrogens is 3. The molecule has 0 aromatic carbocycles. The van der Waals surface area contributed by atoms with Crippen molar-refractivity contribution in [2.75, 3.05) is 6.61 Å². The van der Waals surface area contributed by atoms with Gasteiger partial charge in [-0.05, 0) is 38.8 Å². The minimum atomic E-state index is -0.413. The van der Waals surface area contributed by atoms with Gasteiger partial charge in [-0.25, -0.2) is 14.3 Å². The molecule has 0 amide bonds. The quantitative estimate of drug-likeness (QED) is 0.782. The van der Waals surface area contributed by atoms with Crippen molar-refractivity contribution in [2.24, 2.45) is 0 Å². The second kappa shape index (κ2) is 4.50. The third-order valence-corrected chi connectivity index (χ3v) is 3.06. The molecule has 2 aromatic rings. The zero-order valence-corrected chi connectivity index (χ0v) is 11.4. The molecule has 2 aromatic heterocycles. The summed E-state index contributed by atoms with van der Waals surface area (Å²) in [5.41, 5.74) is 0.935. The van der Waals surface area contributed by atoms with E-state index in [1.165, 1.54) is 6.20 Å². The normalized spacial score (nSPS) is 10.7. The van der Waals surface area contributed by atoms with Crippen molar-refractivity contribution in [2.45, 2.75) is 6.92 Å². The number of halogens is 2. The number of fused-ring (bicyclic) bond motifs is 1. The van der Waals surface area contributed by atoms with Gasteiger partial charge in [0.25, 0.3) is 0 Å². The molecule has 0 radical (unpaired) electrons. The predicted molar refractivity (Wildman–Crippen MR) is 64.3 cm³/mol. The number of imidazole rings is 1. The minimum Gasteiger partial charge on any atom is -0.462 e. The van der Waals surface area contributed by atoms with E-state index in [-0.39, 0.29) is 0 Å². The van der Waals surface area contributed by atoms with Crippen LogP contribution in [0.25, 0.3) is 5.65 Å². The Hall–Kier alpha value is -0.950. The molecule has 16 heavy (non-hydrogen) atoms. The van der Waals surface area contributed by atoms with Crippen LogP contribution in [-0.2, 0) is 4.74 Å². The Morgan fingerprint density at radius 3 is 3.00 bits per heavy atom. The van der Waals surface area contributed by atoms with Crippen LogP contribution in [0.5, 0.6) is 0 Å². The number of carbonyl (C=O) groups is 1. The Morgan fingerprint density at radius 1 is 1.56 bits per heavy atom. The largest absolute Gasteiger partial charge is 0.462 e. The van der Waals surface area contributed by atoms with E-state index in [1.54, 1.807) is 17.6 Å². The van der Waals surface area contributed by atoms with E-state index in [0.717, 1.165) is 0 Å². The molecule has 0 atom stereocenters. The summed E-state index contributed by atoms with van der Waals surface area (Å²) in [4.78, 5) is 15.8. The van der Waals surface area contributed by atoms with E-state index in [0.29, 0.717) is 26.9 Å². The molecule has 0 unspecified atom stereocenters. The monoisotopic (exact) mass is 347 g/mol. The topological polar surface area (TPSA) is 56.5 Å². The van der Waals surface area contributed by atoms with Crippen LogP contribution in [-0.4, -0.2) is 27.2 Å². The van der Waals surface area contributed by atoms with Crippen molar-refractivity contribution in [1.29, 1.82) is 0 Å². The lowest BCUT2D eigenvalue weighted by Crippen LogP contribution is -2.08. The van der Waals surface area contributed by atoms with Gasteiger partial charge in [0.05, 0.1) is 29.0 Å². The number of hydrogen-bond acceptors (Lipinski definition) is 4. The second-order valence-electron chi connectivity index (χ2n) is 2.92. The summed E-state index contributed by atoms with van der Waals surface area (Å²) in [5, 5.41) is 4.06. The van der Waals surface area contributed by atoms with Crippen LogP contribution in [0.3, 0.4) is 0 Å². The summed E-state index contributed by atoms with van der Waals surface area (Å²) in [7, 11) is 0. The van der Waals surface area contributed by atoms with Crippen molar-refractivity contribution in [3.05, 3.63) is 27.0 Å². The van der Waals surface area contributed by atoms with E-state index in [1.807, 2.05) is 0 Å². The Balaban J connectivity index is 2.55. The Morgan fingerprint density at radius 2 is 2.31 bits per heavy atom. The smallest absolute Gasteiger partial charge is 0.341 e. The number of carbonyl (C=O) groups excluding carboxylic acids is 1. The molecule has 0 fully saturated rings. The average molecular weight is 349 g/mol. The standard InChI is InChI=1S/C9H7Br2N3O2/c1-2-16-9(15)5-3-12-14-4-6(10)13-8(14)7(5)11/h3-4H,2H2,1H3. The molecule has 84 valence electrons. The summed E-state index contributed by atoms with van der Waals surface area (Å²) in [6.07, 6.45) is 3.15. The fraction of sp³-hybridized carbons (Fsp3) is 0.222. The van der Waals surface area contributed by atoms with Gasteiger partial charge in [0.15, 0.2) is 5.65 Å². The Kier molecular flexibility index (Phi) is 3.25. The van der Waals surface area contributed by atoms with Gasteiger partial charge in [0.2, 0.25) is 0 Å². The van der Waals surface area contributed by atoms with Crippen LogP contribution in [0.1, 0.15) is 17.3 Å². The van der Waals surface area contributed by atoms with Gasteiger partial charge >= 0.3 is 5.97 Å². The van der Waals surface area contributed by atoms with Gasteiger partial charge in [0.1, 0.15) is 4.60 Å². The van der Waals surface area contributed by atoms with Crippen molar-refractivity contribution in [3.8, 4) is 0 Å². The molecule has 0 saturated heterocycles. The van der Waals surface area contributed by atoms with Crippen molar-refractivity contribution < 1.29 is 9.53 Å². The van der Waals surface area contributed by atoms with E-state index in [9.17, 15) is 4.79 Å². The molecule has 0 bridgehead atoms. The zero-order chi connectivity index (χ0) is 11.7. The van der Waals surface area contributed by atoms with Crippen LogP contribution in [0, 0.1) is 0 Å². The van der Waals surface area contributed by atoms with E-state index in [2.05, 4.69) is 41.9 Å². The van der Waals surface area contributed by atoms with Gasteiger partial charge in [-0.1, -0.05) is 0 Å². The van der Waals surface area contributed by atoms with Gasteiger partial charge in [-0.15, -0.1) is 0 Å². The van der Waals surface area contributed by atoms with Crippen LogP contribution in [0.15, 0.2) is 21.5 Å². The number of nitrogens with zero attached hydrogens (tertiary/aromatic N) is 3. The third kappa shape index (κ3) is 1.97. The van der Waals surface area contributed by atoms with Crippen molar-refractivity contribution in [1.82, 2.24) is 14.6 Å². The van der Waals surface area contributed by atoms with Crippen molar-refractivity contribution in [3.63, 3.8) is 0 Å². The first-order valence-corrected chi connectivity index (χ1v) is 6.08. The first-order chi connectivity index (χ1) is 7.63. The highest BCUT2D eigenvalue weighted by molar-refractivity contribution is 9.11. The highest BCUT2D eigenvalue weighted by Crippen LogP contribution is 2.23. The van der Waals surface area contributed by atoms with Gasteiger partial charge in [-0.2, -0.15) is 5.10 Å². The van der Waals surface area contributed by atoms with Gasteiger partial charge in [0, 0.05) is 0 Å². The highest BCUT2D eigenvalue weighted by Gasteiger charge is 2.16. The first kappa shape index (κ1) is 11.5. The molecule has 0 aliphatic rings. The Bertz CT molecular complexity index is 553. The van der Waals surface area contributed by atoms with Gasteiger partial charge < -0.3 is 4.74 Å². The molecule has 2 heterocycles. The fourth-order valence-corrected chi connectivity index (χ4v) is 2.13. The number of hydrogen-bond donors (Lipinski definition) is 0. The summed E-state index contributed by atoms with van der Waals surface area (Å²) in [6.45, 7) is 2.08. The second-order valence-corrected chi connectivity index (χ2v) is 4.53. The lowest BCUT2D eigenvalue weighted by Gasteiger charge is -2.04. The predicted octanol–water partition coefficient (Wildman–Crippen LogP) is 2.43. The van der Waals surface area contributed by atoms with Crippen LogP contribution in [0.2, 0.25) is 0 Å². The molecular formula is C9H7Br2N3O2. The van der Waals surface area contributed by atoms with Crippen LogP contribution in [0.4, 0.5) is 0 Å². The number of rotatable bonds is 2. The van der Waals surface area contributed by atoms with E-state index < -0.39 is 5.97 Å². The molecular weight excluding hydrogens is 342 g/mol. The summed E-state index contributed by atoms with van der Waals surface area (Å²) in [5.74, 6) is -0.413. The molecule has 0 aliphatic carbocycles. The third-order valence-electron chi connectivity index (χ3n) is 1.90. The van der Waals surface area contributed by atoms with E-state index >= 15 is 0 Å². The SMILES string of the molecule is CCOC(=O)c1cnn2cc(Br)nc2c1Br. The summed E-state index contributed by atoms with van der Waals surface area (Å²) < 4.78 is 7.70. The molecule has 7 heteroatoms. The van der Waals surface area contributed by atoms with Crippen LogP contribution >= 0.6 is 31.9 Å². The zero-order valence-electron chi connectivity index (χ0n) is 8.28. The van der Waals surface area contributed by atoms with E-state index in [4.69, 9.17) is 4.74 Å². The molecule has 2 rings (SSSR count). The summed E-state index contributed by atoms with van der Waals surface area (Å²) >= 11 is 6.56. The molecule has 0 saturated carbocycles. The van der Waals surface area contributed by atoms with Crippen molar-refractivity contribution >= 4 is 43.5 Å².